The number of hydrogen-bond donors (Lipinski definition) is 1. The van der Waals surface area contributed by atoms with Crippen molar-refractivity contribution in [2.45, 2.75) is 13.0 Å². The molecular weight excluding hydrogens is 340 g/mol. The Balaban J connectivity index is 2.07. The second kappa shape index (κ2) is 7.57. The average molecular weight is 362 g/mol. The first-order valence-corrected chi connectivity index (χ1v) is 9.56. The van der Waals surface area contributed by atoms with E-state index in [1.807, 2.05) is 31.2 Å². The molecule has 25 heavy (non-hydrogen) atoms. The molecule has 2 aromatic carbocycles. The fourth-order valence-corrected chi connectivity index (χ4v) is 2.77. The lowest BCUT2D eigenvalue weighted by Gasteiger charge is -2.17. The molecule has 0 fully saturated rings. The Kier molecular flexibility index (Phi) is 5.69. The first-order chi connectivity index (χ1) is 11.7. The van der Waals surface area contributed by atoms with Crippen LogP contribution < -0.4 is 14.4 Å². The summed E-state index contributed by atoms with van der Waals surface area (Å²) in [6.07, 6.45) is 1.13. The maximum absolute atomic E-state index is 12.4. The molecule has 1 N–H and O–H groups in total. The molecule has 7 heteroatoms. The number of anilines is 1. The molecule has 0 radical (unpaired) electrons. The van der Waals surface area contributed by atoms with E-state index in [-0.39, 0.29) is 11.9 Å². The fraction of sp³-hybridized carbons (Fsp3) is 0.278. The zero-order valence-corrected chi connectivity index (χ0v) is 15.5. The Bertz CT molecular complexity index is 830. The Labute approximate surface area is 148 Å². The quantitative estimate of drug-likeness (QED) is 0.857. The number of benzene rings is 2. The van der Waals surface area contributed by atoms with Gasteiger partial charge in [0.05, 0.1) is 25.1 Å². The van der Waals surface area contributed by atoms with E-state index >= 15 is 0 Å². The SMILES string of the molecule is COc1ccc(C(C)NC(=O)c2ccc(N(C)S(C)(=O)=O)cc2)cc1. The van der Waals surface area contributed by atoms with Crippen LogP contribution in [0.3, 0.4) is 0 Å². The normalized spacial score (nSPS) is 12.3. The maximum atomic E-state index is 12.4. The second-order valence-electron chi connectivity index (χ2n) is 5.75. The molecule has 0 spiro atoms. The van der Waals surface area contributed by atoms with Crippen molar-refractivity contribution in [3.8, 4) is 5.75 Å². The van der Waals surface area contributed by atoms with Gasteiger partial charge in [-0.3, -0.25) is 9.10 Å². The predicted octanol–water partition coefficient (Wildman–Crippen LogP) is 2.58. The van der Waals surface area contributed by atoms with Gasteiger partial charge < -0.3 is 10.1 Å². The summed E-state index contributed by atoms with van der Waals surface area (Å²) in [5, 5.41) is 2.92. The number of rotatable bonds is 6. The number of ether oxygens (including phenoxy) is 1. The number of methoxy groups -OCH3 is 1. The molecule has 0 saturated carbocycles. The minimum Gasteiger partial charge on any atom is -0.497 e. The van der Waals surface area contributed by atoms with Crippen LogP contribution in [0, 0.1) is 0 Å². The zero-order chi connectivity index (χ0) is 18.6. The monoisotopic (exact) mass is 362 g/mol. The summed E-state index contributed by atoms with van der Waals surface area (Å²) in [7, 11) is -0.257. The van der Waals surface area contributed by atoms with Crippen molar-refractivity contribution >= 4 is 21.6 Å². The number of sulfonamides is 1. The highest BCUT2D eigenvalue weighted by Crippen LogP contribution is 2.19. The summed E-state index contributed by atoms with van der Waals surface area (Å²) in [4.78, 5) is 12.4. The van der Waals surface area contributed by atoms with Crippen molar-refractivity contribution in [1.82, 2.24) is 5.32 Å². The van der Waals surface area contributed by atoms with E-state index in [2.05, 4.69) is 5.32 Å². The first kappa shape index (κ1) is 18.8. The third-order valence-electron chi connectivity index (χ3n) is 3.95. The molecule has 0 bridgehead atoms. The highest BCUT2D eigenvalue weighted by atomic mass is 32.2. The number of carbonyl (C=O) groups excluding carboxylic acids is 1. The lowest BCUT2D eigenvalue weighted by molar-refractivity contribution is 0.0940. The molecule has 134 valence electrons. The Morgan fingerprint density at radius 2 is 1.64 bits per heavy atom. The van der Waals surface area contributed by atoms with Gasteiger partial charge in [-0.15, -0.1) is 0 Å². The summed E-state index contributed by atoms with van der Waals surface area (Å²) < 4.78 is 29.4. The lowest BCUT2D eigenvalue weighted by Crippen LogP contribution is -2.27. The summed E-state index contributed by atoms with van der Waals surface area (Å²) in [6, 6.07) is 13.7. The Morgan fingerprint density at radius 3 is 2.12 bits per heavy atom. The minimum absolute atomic E-state index is 0.170. The molecule has 1 atom stereocenters. The van der Waals surface area contributed by atoms with Crippen LogP contribution in [-0.4, -0.2) is 34.7 Å². The number of carbonyl (C=O) groups is 1. The van der Waals surface area contributed by atoms with Gasteiger partial charge in [0, 0.05) is 12.6 Å². The predicted molar refractivity (Wildman–Crippen MR) is 98.6 cm³/mol. The van der Waals surface area contributed by atoms with Crippen molar-refractivity contribution in [2.75, 3.05) is 24.7 Å². The second-order valence-corrected chi connectivity index (χ2v) is 7.76. The Hall–Kier alpha value is -2.54. The van der Waals surface area contributed by atoms with Gasteiger partial charge in [-0.2, -0.15) is 0 Å². The molecule has 0 aromatic heterocycles. The van der Waals surface area contributed by atoms with Crippen LogP contribution in [0.1, 0.15) is 28.9 Å². The standard InChI is InChI=1S/C18H22N2O4S/c1-13(14-7-11-17(24-3)12-8-14)19-18(21)15-5-9-16(10-6-15)20(2)25(4,22)23/h5-13H,1-4H3,(H,19,21). The maximum Gasteiger partial charge on any atom is 0.251 e. The van der Waals surface area contributed by atoms with Gasteiger partial charge >= 0.3 is 0 Å². The van der Waals surface area contributed by atoms with E-state index in [1.165, 1.54) is 7.05 Å². The average Bonchev–Trinajstić information content (AvgIpc) is 2.60. The zero-order valence-electron chi connectivity index (χ0n) is 14.7. The number of nitrogens with one attached hydrogen (secondary N) is 1. The third kappa shape index (κ3) is 4.73. The molecule has 6 nitrogen and oxygen atoms in total. The third-order valence-corrected chi connectivity index (χ3v) is 5.16. The largest absolute Gasteiger partial charge is 0.497 e. The van der Waals surface area contributed by atoms with E-state index in [0.717, 1.165) is 21.9 Å². The van der Waals surface area contributed by atoms with Gasteiger partial charge in [0.25, 0.3) is 5.91 Å². The number of amides is 1. The highest BCUT2D eigenvalue weighted by molar-refractivity contribution is 7.92. The van der Waals surface area contributed by atoms with Gasteiger partial charge in [0.2, 0.25) is 10.0 Å². The van der Waals surface area contributed by atoms with Gasteiger partial charge in [0.1, 0.15) is 5.75 Å². The van der Waals surface area contributed by atoms with E-state index in [0.29, 0.717) is 11.3 Å². The summed E-state index contributed by atoms with van der Waals surface area (Å²) in [6.45, 7) is 1.89. The van der Waals surface area contributed by atoms with Crippen molar-refractivity contribution in [3.63, 3.8) is 0 Å². The molecule has 2 rings (SSSR count). The molecule has 0 aliphatic carbocycles. The van der Waals surface area contributed by atoms with E-state index in [9.17, 15) is 13.2 Å². The van der Waals surface area contributed by atoms with Crippen LogP contribution in [0.5, 0.6) is 5.75 Å². The molecule has 0 aliphatic heterocycles. The van der Waals surface area contributed by atoms with Crippen LogP contribution in [0.2, 0.25) is 0 Å². The van der Waals surface area contributed by atoms with Gasteiger partial charge in [0.15, 0.2) is 0 Å². The summed E-state index contributed by atoms with van der Waals surface area (Å²) in [5.74, 6) is 0.532. The van der Waals surface area contributed by atoms with Crippen LogP contribution in [-0.2, 0) is 10.0 Å². The van der Waals surface area contributed by atoms with Gasteiger partial charge in [-0.05, 0) is 48.9 Å². The van der Waals surface area contributed by atoms with Crippen molar-refractivity contribution < 1.29 is 17.9 Å². The number of nitrogens with zero attached hydrogens (tertiary/aromatic N) is 1. The lowest BCUT2D eigenvalue weighted by atomic mass is 10.1. The highest BCUT2D eigenvalue weighted by Gasteiger charge is 2.14. The smallest absolute Gasteiger partial charge is 0.251 e. The Morgan fingerprint density at radius 1 is 1.08 bits per heavy atom. The summed E-state index contributed by atoms with van der Waals surface area (Å²) in [5.41, 5.74) is 1.93. The molecule has 0 heterocycles. The van der Waals surface area contributed by atoms with Crippen molar-refractivity contribution in [2.24, 2.45) is 0 Å². The molecule has 1 unspecified atom stereocenters. The van der Waals surface area contributed by atoms with Crippen LogP contribution in [0.25, 0.3) is 0 Å². The van der Waals surface area contributed by atoms with E-state index in [1.54, 1.807) is 31.4 Å². The van der Waals surface area contributed by atoms with Gasteiger partial charge in [-0.1, -0.05) is 12.1 Å². The molecule has 0 aliphatic rings. The van der Waals surface area contributed by atoms with E-state index < -0.39 is 10.0 Å². The topological polar surface area (TPSA) is 75.7 Å². The van der Waals surface area contributed by atoms with Crippen molar-refractivity contribution in [1.29, 1.82) is 0 Å². The van der Waals surface area contributed by atoms with Crippen LogP contribution >= 0.6 is 0 Å². The molecular formula is C18H22N2O4S. The number of hydrogen-bond acceptors (Lipinski definition) is 4. The van der Waals surface area contributed by atoms with Crippen LogP contribution in [0.15, 0.2) is 48.5 Å². The summed E-state index contributed by atoms with van der Waals surface area (Å²) >= 11 is 0. The van der Waals surface area contributed by atoms with Crippen molar-refractivity contribution in [3.05, 3.63) is 59.7 Å². The van der Waals surface area contributed by atoms with Gasteiger partial charge in [-0.25, -0.2) is 8.42 Å². The van der Waals surface area contributed by atoms with E-state index in [4.69, 9.17) is 4.74 Å². The van der Waals surface area contributed by atoms with Crippen LogP contribution in [0.4, 0.5) is 5.69 Å². The molecule has 0 saturated heterocycles. The fourth-order valence-electron chi connectivity index (χ4n) is 2.27. The molecule has 1 amide bonds. The molecule has 2 aromatic rings. The first-order valence-electron chi connectivity index (χ1n) is 7.71. The minimum atomic E-state index is -3.33.